The molecular formula is C18H19N5O2. The van der Waals surface area contributed by atoms with Gasteiger partial charge in [-0.2, -0.15) is 5.10 Å². The molecule has 3 rings (SSSR count). The van der Waals surface area contributed by atoms with Crippen LogP contribution in [0.4, 0.5) is 10.5 Å². The molecule has 3 aromatic rings. The number of carbonyl (C=O) groups excluding carboxylic acids is 1. The van der Waals surface area contributed by atoms with Crippen molar-refractivity contribution in [3.05, 3.63) is 66.0 Å². The Morgan fingerprint density at radius 1 is 1.28 bits per heavy atom. The number of aliphatic hydroxyl groups is 1. The van der Waals surface area contributed by atoms with Crippen LogP contribution in [0.2, 0.25) is 0 Å². The monoisotopic (exact) mass is 337 g/mol. The van der Waals surface area contributed by atoms with E-state index < -0.39 is 12.1 Å². The number of rotatable bonds is 5. The third-order valence-corrected chi connectivity index (χ3v) is 3.69. The molecule has 2 heterocycles. The predicted octanol–water partition coefficient (Wildman–Crippen LogP) is 2.64. The highest BCUT2D eigenvalue weighted by atomic mass is 16.3. The number of nitrogens with one attached hydrogen (secondary N) is 3. The Morgan fingerprint density at radius 2 is 2.16 bits per heavy atom. The van der Waals surface area contributed by atoms with Crippen molar-refractivity contribution in [2.75, 3.05) is 11.9 Å². The Hall–Kier alpha value is -3.19. The molecule has 128 valence electrons. The number of hydrogen-bond acceptors (Lipinski definition) is 4. The van der Waals surface area contributed by atoms with E-state index in [1.807, 2.05) is 49.4 Å². The number of aryl methyl sites for hydroxylation is 1. The highest BCUT2D eigenvalue weighted by Gasteiger charge is 2.13. The number of pyridine rings is 1. The van der Waals surface area contributed by atoms with Crippen LogP contribution in [-0.4, -0.2) is 32.9 Å². The van der Waals surface area contributed by atoms with E-state index >= 15 is 0 Å². The molecule has 1 atom stereocenters. The second kappa shape index (κ2) is 7.59. The molecule has 0 saturated heterocycles. The van der Waals surface area contributed by atoms with Crippen LogP contribution in [0.1, 0.15) is 17.2 Å². The van der Waals surface area contributed by atoms with E-state index in [0.29, 0.717) is 17.1 Å². The molecule has 0 radical (unpaired) electrons. The van der Waals surface area contributed by atoms with E-state index in [2.05, 4.69) is 25.8 Å². The largest absolute Gasteiger partial charge is 0.387 e. The number of amides is 2. The maximum absolute atomic E-state index is 12.1. The Morgan fingerprint density at radius 3 is 2.92 bits per heavy atom. The predicted molar refractivity (Wildman–Crippen MR) is 95.0 cm³/mol. The molecule has 0 aliphatic rings. The number of aromatic amines is 1. The average Bonchev–Trinajstić information content (AvgIpc) is 3.08. The van der Waals surface area contributed by atoms with Gasteiger partial charge in [0.25, 0.3) is 0 Å². The molecule has 1 unspecified atom stereocenters. The van der Waals surface area contributed by atoms with Gasteiger partial charge in [-0.25, -0.2) is 4.79 Å². The van der Waals surface area contributed by atoms with Crippen LogP contribution in [0.15, 0.2) is 54.9 Å². The Kier molecular flexibility index (Phi) is 5.06. The first-order valence-corrected chi connectivity index (χ1v) is 7.88. The number of hydrogen-bond donors (Lipinski definition) is 4. The molecule has 0 fully saturated rings. The lowest BCUT2D eigenvalue weighted by atomic mass is 10.1. The summed E-state index contributed by atoms with van der Waals surface area (Å²) < 4.78 is 0. The van der Waals surface area contributed by atoms with E-state index in [9.17, 15) is 9.90 Å². The second-order valence-electron chi connectivity index (χ2n) is 5.64. The van der Waals surface area contributed by atoms with E-state index in [0.717, 1.165) is 11.1 Å². The molecule has 4 N–H and O–H groups in total. The van der Waals surface area contributed by atoms with Crippen molar-refractivity contribution in [1.29, 1.82) is 0 Å². The van der Waals surface area contributed by atoms with Crippen LogP contribution in [0, 0.1) is 6.92 Å². The van der Waals surface area contributed by atoms with Gasteiger partial charge in [0.1, 0.15) is 5.69 Å². The summed E-state index contributed by atoms with van der Waals surface area (Å²) in [5, 5.41) is 22.3. The third-order valence-electron chi connectivity index (χ3n) is 3.69. The van der Waals surface area contributed by atoms with Crippen LogP contribution in [0.3, 0.4) is 0 Å². The molecule has 7 nitrogen and oxygen atoms in total. The maximum Gasteiger partial charge on any atom is 0.319 e. The number of aromatic nitrogens is 3. The summed E-state index contributed by atoms with van der Waals surface area (Å²) in [5.74, 6) is 0. The smallest absolute Gasteiger partial charge is 0.319 e. The topological polar surface area (TPSA) is 103 Å². The summed E-state index contributed by atoms with van der Waals surface area (Å²) in [6.07, 6.45) is 2.41. The lowest BCUT2D eigenvalue weighted by molar-refractivity contribution is 0.175. The number of carbonyl (C=O) groups is 1. The minimum atomic E-state index is -0.773. The molecule has 0 aliphatic carbocycles. The lowest BCUT2D eigenvalue weighted by Crippen LogP contribution is -2.32. The molecular weight excluding hydrogens is 318 g/mol. The van der Waals surface area contributed by atoms with Crippen molar-refractivity contribution >= 4 is 11.7 Å². The third kappa shape index (κ3) is 4.21. The molecule has 0 saturated carbocycles. The van der Waals surface area contributed by atoms with Crippen LogP contribution < -0.4 is 10.6 Å². The number of aliphatic hydroxyl groups excluding tert-OH is 1. The van der Waals surface area contributed by atoms with Gasteiger partial charge >= 0.3 is 6.03 Å². The van der Waals surface area contributed by atoms with Gasteiger partial charge in [0.05, 0.1) is 23.7 Å². The zero-order valence-electron chi connectivity index (χ0n) is 13.7. The van der Waals surface area contributed by atoms with Gasteiger partial charge in [0, 0.05) is 12.7 Å². The van der Waals surface area contributed by atoms with Crippen molar-refractivity contribution in [2.24, 2.45) is 0 Å². The summed E-state index contributed by atoms with van der Waals surface area (Å²) in [4.78, 5) is 16.3. The number of urea groups is 1. The minimum absolute atomic E-state index is 0.103. The van der Waals surface area contributed by atoms with Crippen molar-refractivity contribution in [1.82, 2.24) is 20.5 Å². The molecule has 2 aromatic heterocycles. The zero-order valence-corrected chi connectivity index (χ0v) is 13.7. The number of nitrogens with zero attached hydrogens (tertiary/aromatic N) is 2. The molecule has 2 amide bonds. The fourth-order valence-electron chi connectivity index (χ4n) is 2.44. The quantitative estimate of drug-likeness (QED) is 0.574. The normalized spacial score (nSPS) is 11.8. The summed E-state index contributed by atoms with van der Waals surface area (Å²) >= 11 is 0. The average molecular weight is 337 g/mol. The zero-order chi connectivity index (χ0) is 17.6. The van der Waals surface area contributed by atoms with E-state index in [4.69, 9.17) is 0 Å². The van der Waals surface area contributed by atoms with Gasteiger partial charge in [-0.05, 0) is 24.6 Å². The summed E-state index contributed by atoms with van der Waals surface area (Å²) in [6.45, 7) is 2.06. The van der Waals surface area contributed by atoms with Gasteiger partial charge in [-0.15, -0.1) is 0 Å². The maximum atomic E-state index is 12.1. The fourth-order valence-corrected chi connectivity index (χ4v) is 2.44. The standard InChI is InChI=1S/C18H19N5O2/c1-12-5-4-6-13(9-12)16(24)11-20-18(25)22-15-10-21-23-17(15)14-7-2-3-8-19-14/h2-10,16,24H,11H2,1H3,(H,21,23)(H2,20,22,25). The minimum Gasteiger partial charge on any atom is -0.387 e. The van der Waals surface area contributed by atoms with E-state index in [1.165, 1.54) is 6.20 Å². The number of H-pyrrole nitrogens is 1. The van der Waals surface area contributed by atoms with Crippen LogP contribution >= 0.6 is 0 Å². The summed E-state index contributed by atoms with van der Waals surface area (Å²) in [6, 6.07) is 12.6. The Labute approximate surface area is 145 Å². The van der Waals surface area contributed by atoms with Gasteiger partial charge in [-0.1, -0.05) is 35.9 Å². The second-order valence-corrected chi connectivity index (χ2v) is 5.64. The van der Waals surface area contributed by atoms with E-state index in [1.54, 1.807) is 6.20 Å². The molecule has 25 heavy (non-hydrogen) atoms. The SMILES string of the molecule is Cc1cccc(C(O)CNC(=O)Nc2cn[nH]c2-c2ccccn2)c1. The van der Waals surface area contributed by atoms with Gasteiger partial charge in [0.15, 0.2) is 0 Å². The Bertz CT molecular complexity index is 847. The number of benzene rings is 1. The molecule has 7 heteroatoms. The highest BCUT2D eigenvalue weighted by molar-refractivity contribution is 5.92. The van der Waals surface area contributed by atoms with Crippen molar-refractivity contribution in [3.63, 3.8) is 0 Å². The molecule has 1 aromatic carbocycles. The molecule has 0 aliphatic heterocycles. The van der Waals surface area contributed by atoms with Gasteiger partial charge in [0.2, 0.25) is 0 Å². The number of anilines is 1. The summed E-state index contributed by atoms with van der Waals surface area (Å²) in [5.41, 5.74) is 3.63. The summed E-state index contributed by atoms with van der Waals surface area (Å²) in [7, 11) is 0. The van der Waals surface area contributed by atoms with Gasteiger partial charge < -0.3 is 15.7 Å². The highest BCUT2D eigenvalue weighted by Crippen LogP contribution is 2.22. The van der Waals surface area contributed by atoms with Gasteiger partial charge in [-0.3, -0.25) is 10.1 Å². The fraction of sp³-hybridized carbons (Fsp3) is 0.167. The Balaban J connectivity index is 1.60. The molecule has 0 bridgehead atoms. The first-order chi connectivity index (χ1) is 12.1. The van der Waals surface area contributed by atoms with Crippen molar-refractivity contribution in [3.8, 4) is 11.4 Å². The van der Waals surface area contributed by atoms with Crippen LogP contribution in [-0.2, 0) is 0 Å². The van der Waals surface area contributed by atoms with Crippen LogP contribution in [0.5, 0.6) is 0 Å². The van der Waals surface area contributed by atoms with Crippen molar-refractivity contribution in [2.45, 2.75) is 13.0 Å². The molecule has 0 spiro atoms. The van der Waals surface area contributed by atoms with Crippen LogP contribution in [0.25, 0.3) is 11.4 Å². The van der Waals surface area contributed by atoms with E-state index in [-0.39, 0.29) is 6.54 Å². The first-order valence-electron chi connectivity index (χ1n) is 7.88. The first kappa shape index (κ1) is 16.7. The lowest BCUT2D eigenvalue weighted by Gasteiger charge is -2.13. The van der Waals surface area contributed by atoms with Crippen molar-refractivity contribution < 1.29 is 9.90 Å².